The molecule has 0 saturated heterocycles. The van der Waals surface area contributed by atoms with Crippen molar-refractivity contribution in [1.29, 1.82) is 5.26 Å². The average Bonchev–Trinajstić information content (AvgIpc) is 3.18. The summed E-state index contributed by atoms with van der Waals surface area (Å²) in [6.07, 6.45) is 4.86. The van der Waals surface area contributed by atoms with Crippen molar-refractivity contribution in [2.24, 2.45) is 11.8 Å². The Morgan fingerprint density at radius 1 is 1.47 bits per heavy atom. The highest BCUT2D eigenvalue weighted by Crippen LogP contribution is 2.43. The van der Waals surface area contributed by atoms with Crippen molar-refractivity contribution in [3.8, 4) is 6.07 Å². The maximum Gasteiger partial charge on any atom is 0.118 e. The van der Waals surface area contributed by atoms with Crippen molar-refractivity contribution >= 4 is 11.8 Å². The minimum atomic E-state index is -0.291. The molecule has 2 fully saturated rings. The molecule has 2 saturated carbocycles. The first-order valence-corrected chi connectivity index (χ1v) is 7.73. The molecule has 2 rings (SSSR count). The van der Waals surface area contributed by atoms with E-state index in [1.807, 2.05) is 18.7 Å². The third kappa shape index (κ3) is 3.61. The molecule has 17 heavy (non-hydrogen) atoms. The van der Waals surface area contributed by atoms with Crippen molar-refractivity contribution in [3.05, 3.63) is 0 Å². The van der Waals surface area contributed by atoms with E-state index < -0.39 is 0 Å². The molecule has 0 spiro atoms. The normalized spacial score (nSPS) is 25.0. The summed E-state index contributed by atoms with van der Waals surface area (Å²) in [5.41, 5.74) is -0.291. The molecule has 2 unspecified atom stereocenters. The van der Waals surface area contributed by atoms with Crippen LogP contribution < -0.4 is 5.32 Å². The summed E-state index contributed by atoms with van der Waals surface area (Å²) >= 11 is 1.81. The van der Waals surface area contributed by atoms with Gasteiger partial charge in [0.15, 0.2) is 0 Å². The first-order chi connectivity index (χ1) is 8.20. The van der Waals surface area contributed by atoms with Crippen molar-refractivity contribution < 1.29 is 5.11 Å². The first-order valence-electron chi connectivity index (χ1n) is 6.57. The summed E-state index contributed by atoms with van der Waals surface area (Å²) in [5, 5.41) is 22.1. The molecule has 2 N–H and O–H groups in total. The molecule has 0 aromatic rings. The highest BCUT2D eigenvalue weighted by atomic mass is 32.2. The monoisotopic (exact) mass is 254 g/mol. The van der Waals surface area contributed by atoms with Crippen LogP contribution in [0.25, 0.3) is 0 Å². The summed E-state index contributed by atoms with van der Waals surface area (Å²) in [6, 6.07) is 3.14. The Balaban J connectivity index is 1.84. The van der Waals surface area contributed by atoms with Gasteiger partial charge in [0.05, 0.1) is 6.07 Å². The van der Waals surface area contributed by atoms with Crippen LogP contribution in [0, 0.1) is 23.2 Å². The summed E-state index contributed by atoms with van der Waals surface area (Å²) < 4.78 is 0. The van der Waals surface area contributed by atoms with Crippen LogP contribution in [-0.4, -0.2) is 34.8 Å². The molecule has 4 heteroatoms. The number of nitrogens with zero attached hydrogens (tertiary/aromatic N) is 1. The zero-order valence-corrected chi connectivity index (χ0v) is 11.3. The van der Waals surface area contributed by atoms with Gasteiger partial charge in [-0.1, -0.05) is 6.92 Å². The maximum absolute atomic E-state index is 9.51. The van der Waals surface area contributed by atoms with E-state index >= 15 is 0 Å². The van der Waals surface area contributed by atoms with Gasteiger partial charge >= 0.3 is 0 Å². The number of thioether (sulfide) groups is 1. The summed E-state index contributed by atoms with van der Waals surface area (Å²) in [7, 11) is 0. The van der Waals surface area contributed by atoms with Crippen LogP contribution in [0.3, 0.4) is 0 Å². The van der Waals surface area contributed by atoms with E-state index in [-0.39, 0.29) is 12.1 Å². The first kappa shape index (κ1) is 13.2. The lowest BCUT2D eigenvalue weighted by Crippen LogP contribution is -2.49. The van der Waals surface area contributed by atoms with Crippen molar-refractivity contribution in [2.45, 2.75) is 44.2 Å². The van der Waals surface area contributed by atoms with Gasteiger partial charge in [-0.2, -0.15) is 17.0 Å². The second kappa shape index (κ2) is 5.60. The van der Waals surface area contributed by atoms with Crippen LogP contribution in [0.5, 0.6) is 0 Å². The van der Waals surface area contributed by atoms with E-state index in [4.69, 9.17) is 5.11 Å². The van der Waals surface area contributed by atoms with E-state index in [2.05, 4.69) is 11.4 Å². The molecule has 0 heterocycles. The summed E-state index contributed by atoms with van der Waals surface area (Å²) in [4.78, 5) is 0. The number of aliphatic hydroxyl groups is 1. The van der Waals surface area contributed by atoms with Crippen LogP contribution in [0.1, 0.15) is 32.6 Å². The lowest BCUT2D eigenvalue weighted by atomic mass is 9.97. The summed E-state index contributed by atoms with van der Waals surface area (Å²) in [6.45, 7) is 2.29. The van der Waals surface area contributed by atoms with E-state index in [1.54, 1.807) is 0 Å². The fourth-order valence-corrected chi connectivity index (χ4v) is 3.41. The molecule has 2 atom stereocenters. The van der Waals surface area contributed by atoms with Gasteiger partial charge < -0.3 is 5.11 Å². The smallest absolute Gasteiger partial charge is 0.118 e. The number of nitrogens with one attached hydrogen (secondary N) is 1. The van der Waals surface area contributed by atoms with Crippen molar-refractivity contribution in [3.63, 3.8) is 0 Å². The topological polar surface area (TPSA) is 56.0 Å². The summed E-state index contributed by atoms with van der Waals surface area (Å²) in [5.74, 6) is 2.70. The van der Waals surface area contributed by atoms with Crippen LogP contribution in [0.2, 0.25) is 0 Å². The molecule has 3 nitrogen and oxygen atoms in total. The molecule has 0 aliphatic heterocycles. The Hall–Kier alpha value is -0.240. The largest absolute Gasteiger partial charge is 0.396 e. The van der Waals surface area contributed by atoms with E-state index in [9.17, 15) is 5.26 Å². The number of hydrogen-bond acceptors (Lipinski definition) is 4. The van der Waals surface area contributed by atoms with Gasteiger partial charge in [0.25, 0.3) is 0 Å². The highest BCUT2D eigenvalue weighted by Gasteiger charge is 2.48. The number of rotatable bonds is 8. The minimum absolute atomic E-state index is 0.242. The number of aliphatic hydroxyl groups excluding tert-OH is 1. The molecule has 0 amide bonds. The predicted molar refractivity (Wildman–Crippen MR) is 70.8 cm³/mol. The zero-order chi connectivity index (χ0) is 12.3. The molecule has 2 aliphatic carbocycles. The Bertz CT molecular complexity index is 296. The lowest BCUT2D eigenvalue weighted by Gasteiger charge is -2.28. The quantitative estimate of drug-likeness (QED) is 0.693. The fraction of sp³-hybridized carbons (Fsp3) is 0.923. The molecular formula is C13H22N2OS. The maximum atomic E-state index is 9.51. The molecule has 0 bridgehead atoms. The van der Waals surface area contributed by atoms with Gasteiger partial charge in [0, 0.05) is 18.4 Å². The van der Waals surface area contributed by atoms with Gasteiger partial charge in [-0.3, -0.25) is 5.32 Å². The Labute approximate surface area is 108 Å². The SMILES string of the molecule is CC(CO)CSCC(C#N)(NC1CC1)C1CC1. The molecule has 96 valence electrons. The Kier molecular flexibility index (Phi) is 4.35. The average molecular weight is 254 g/mol. The van der Waals surface area contributed by atoms with Crippen LogP contribution >= 0.6 is 11.8 Å². The van der Waals surface area contributed by atoms with E-state index in [1.165, 1.54) is 25.7 Å². The molecule has 2 aliphatic rings. The molecule has 0 aromatic carbocycles. The zero-order valence-electron chi connectivity index (χ0n) is 10.5. The number of nitriles is 1. The standard InChI is InChI=1S/C13H22N2OS/c1-10(6-16)7-17-9-13(8-14,11-2-3-11)15-12-4-5-12/h10-12,15-16H,2-7,9H2,1H3. The van der Waals surface area contributed by atoms with Crippen LogP contribution in [-0.2, 0) is 0 Å². The Morgan fingerprint density at radius 3 is 2.65 bits per heavy atom. The number of hydrogen-bond donors (Lipinski definition) is 2. The lowest BCUT2D eigenvalue weighted by molar-refractivity contribution is 0.250. The predicted octanol–water partition coefficient (Wildman–Crippen LogP) is 1.77. The molecule has 0 radical (unpaired) electrons. The van der Waals surface area contributed by atoms with Gasteiger partial charge in [-0.25, -0.2) is 0 Å². The van der Waals surface area contributed by atoms with E-state index in [0.717, 1.165) is 11.5 Å². The van der Waals surface area contributed by atoms with Crippen LogP contribution in [0.15, 0.2) is 0 Å². The second-order valence-electron chi connectivity index (χ2n) is 5.58. The van der Waals surface area contributed by atoms with Gasteiger partial charge in [0.1, 0.15) is 5.54 Å². The van der Waals surface area contributed by atoms with E-state index in [0.29, 0.717) is 17.9 Å². The fourth-order valence-electron chi connectivity index (χ4n) is 2.08. The van der Waals surface area contributed by atoms with Gasteiger partial charge in [0.2, 0.25) is 0 Å². The molecule has 0 aromatic heterocycles. The second-order valence-corrected chi connectivity index (χ2v) is 6.61. The van der Waals surface area contributed by atoms with Crippen molar-refractivity contribution in [1.82, 2.24) is 5.32 Å². The van der Waals surface area contributed by atoms with Gasteiger partial charge in [-0.05, 0) is 43.3 Å². The Morgan fingerprint density at radius 2 is 2.18 bits per heavy atom. The van der Waals surface area contributed by atoms with Crippen LogP contribution in [0.4, 0.5) is 0 Å². The highest BCUT2D eigenvalue weighted by molar-refractivity contribution is 7.99. The molecular weight excluding hydrogens is 232 g/mol. The third-order valence-corrected chi connectivity index (χ3v) is 5.02. The third-order valence-electron chi connectivity index (χ3n) is 3.56. The van der Waals surface area contributed by atoms with Gasteiger partial charge in [-0.15, -0.1) is 0 Å². The minimum Gasteiger partial charge on any atom is -0.396 e. The van der Waals surface area contributed by atoms with Crippen molar-refractivity contribution in [2.75, 3.05) is 18.1 Å².